The van der Waals surface area contributed by atoms with Gasteiger partial charge in [-0.25, -0.2) is 0 Å². The number of hydrogen-bond donors (Lipinski definition) is 0. The largest absolute Gasteiger partial charge is 0.338 e. The van der Waals surface area contributed by atoms with Crippen LogP contribution < -0.4 is 4.90 Å². The number of fused-ring (bicyclic) bond motifs is 7. The Labute approximate surface area is 319 Å². The Balaban J connectivity index is 0.944. The number of aromatic nitrogens is 1. The van der Waals surface area contributed by atoms with Gasteiger partial charge in [-0.1, -0.05) is 116 Å². The molecule has 0 N–H and O–H groups in total. The first-order valence-electron chi connectivity index (χ1n) is 20.4. The topological polar surface area (TPSA) is 8.17 Å². The molecule has 0 spiro atoms. The van der Waals surface area contributed by atoms with Gasteiger partial charge in [-0.15, -0.1) is 0 Å². The van der Waals surface area contributed by atoms with Gasteiger partial charge in [0.15, 0.2) is 0 Å². The molecular weight excluding hydrogens is 653 g/mol. The van der Waals surface area contributed by atoms with E-state index in [-0.39, 0.29) is 0 Å². The minimum atomic E-state index is 0.533. The van der Waals surface area contributed by atoms with Gasteiger partial charge in [0.1, 0.15) is 0 Å². The van der Waals surface area contributed by atoms with E-state index in [1.165, 1.54) is 124 Å². The van der Waals surface area contributed by atoms with Crippen molar-refractivity contribution in [2.75, 3.05) is 4.90 Å². The third kappa shape index (κ3) is 5.22. The molecule has 11 rings (SSSR count). The molecule has 54 heavy (non-hydrogen) atoms. The molecule has 3 aliphatic carbocycles. The second-order valence-corrected chi connectivity index (χ2v) is 16.2. The predicted octanol–water partition coefficient (Wildman–Crippen LogP) is 14.1. The van der Waals surface area contributed by atoms with Crippen molar-refractivity contribution in [2.24, 2.45) is 11.8 Å². The van der Waals surface area contributed by atoms with Crippen LogP contribution in [0.5, 0.6) is 0 Å². The minimum Gasteiger partial charge on any atom is -0.338 e. The average Bonchev–Trinajstić information content (AvgIpc) is 3.76. The number of hydrogen-bond acceptors (Lipinski definition) is 1. The van der Waals surface area contributed by atoms with E-state index in [1.54, 1.807) is 5.57 Å². The van der Waals surface area contributed by atoms with Crippen molar-refractivity contribution in [3.8, 4) is 27.9 Å². The summed E-state index contributed by atoms with van der Waals surface area (Å²) in [5, 5.41) is 2.60. The van der Waals surface area contributed by atoms with E-state index >= 15 is 0 Å². The second kappa shape index (κ2) is 13.1. The van der Waals surface area contributed by atoms with Gasteiger partial charge in [-0.2, -0.15) is 0 Å². The highest BCUT2D eigenvalue weighted by atomic mass is 15.2. The molecule has 1 aliphatic heterocycles. The second-order valence-electron chi connectivity index (χ2n) is 16.2. The lowest BCUT2D eigenvalue weighted by molar-refractivity contribution is 0.402. The number of allylic oxidation sites excluding steroid dienone is 4. The third-order valence-corrected chi connectivity index (χ3v) is 13.3. The van der Waals surface area contributed by atoms with Gasteiger partial charge >= 0.3 is 0 Å². The molecule has 264 valence electrons. The zero-order chi connectivity index (χ0) is 35.6. The van der Waals surface area contributed by atoms with Gasteiger partial charge in [-0.05, 0) is 144 Å². The average molecular weight is 699 g/mol. The molecule has 4 atom stereocenters. The highest BCUT2D eigenvalue weighted by molar-refractivity contribution is 6.10. The Morgan fingerprint density at radius 3 is 2.07 bits per heavy atom. The summed E-state index contributed by atoms with van der Waals surface area (Å²) in [4.78, 5) is 2.70. The summed E-state index contributed by atoms with van der Waals surface area (Å²) in [6.45, 7) is 0. The van der Waals surface area contributed by atoms with E-state index in [9.17, 15) is 0 Å². The summed E-state index contributed by atoms with van der Waals surface area (Å²) in [7, 11) is 0. The van der Waals surface area contributed by atoms with Crippen molar-refractivity contribution in [3.05, 3.63) is 169 Å². The van der Waals surface area contributed by atoms with Crippen LogP contribution in [-0.4, -0.2) is 10.6 Å². The molecule has 2 heteroatoms. The molecule has 0 bridgehead atoms. The van der Waals surface area contributed by atoms with Crippen molar-refractivity contribution in [2.45, 2.75) is 63.3 Å². The summed E-state index contributed by atoms with van der Waals surface area (Å²) in [5.74, 6) is 1.98. The Kier molecular flexibility index (Phi) is 7.71. The van der Waals surface area contributed by atoms with Crippen molar-refractivity contribution < 1.29 is 0 Å². The van der Waals surface area contributed by atoms with Crippen LogP contribution in [0, 0.1) is 11.8 Å². The van der Waals surface area contributed by atoms with Crippen LogP contribution in [0.25, 0.3) is 55.3 Å². The van der Waals surface area contributed by atoms with E-state index < -0.39 is 0 Å². The summed E-state index contributed by atoms with van der Waals surface area (Å²) >= 11 is 0. The predicted molar refractivity (Wildman–Crippen MR) is 228 cm³/mol. The zero-order valence-electron chi connectivity index (χ0n) is 30.9. The van der Waals surface area contributed by atoms with Crippen molar-refractivity contribution in [3.63, 3.8) is 0 Å². The first kappa shape index (κ1) is 31.9. The quantitative estimate of drug-likeness (QED) is 0.162. The smallest absolute Gasteiger partial charge is 0.0541 e. The van der Waals surface area contributed by atoms with Gasteiger partial charge < -0.3 is 9.47 Å². The molecule has 2 heterocycles. The fourth-order valence-electron chi connectivity index (χ4n) is 10.7. The van der Waals surface area contributed by atoms with Crippen LogP contribution in [0.1, 0.15) is 68.4 Å². The van der Waals surface area contributed by atoms with E-state index in [0.717, 1.165) is 5.92 Å². The monoisotopic (exact) mass is 698 g/mol. The maximum atomic E-state index is 2.70. The summed E-state index contributed by atoms with van der Waals surface area (Å²) in [6, 6.07) is 53.2. The summed E-state index contributed by atoms with van der Waals surface area (Å²) < 4.78 is 2.43. The Hall–Kier alpha value is -5.60. The standard InChI is InChI=1S/C52H46N2/c1-2-11-35(12-3-1)36-21-27-41(28-22-36)53-49-19-8-6-16-45(49)47-33-39(25-31-51(47)53)40-26-32-52-48(34-40)46-17-7-9-20-50(46)54(52)42-29-23-38(24-30-42)44-18-10-14-37-13-4-5-15-43(37)44/h1-4,6,8,11-13,16,18-19,21-34,37,43,46,50H,5,7,9-10,14-15,17,20H2. The third-order valence-electron chi connectivity index (χ3n) is 13.3. The SMILES string of the molecule is C1=CC2CCC=C(c3ccc(N4c5ccc(-c6ccc7c(c6)c6ccccc6n7-c6ccc(-c7ccccc7)cc6)cc5C5CCCCC54)cc3)C2CC1. The van der Waals surface area contributed by atoms with Gasteiger partial charge in [0, 0.05) is 39.8 Å². The van der Waals surface area contributed by atoms with Crippen molar-refractivity contribution >= 4 is 38.8 Å². The molecule has 7 aromatic rings. The molecule has 1 aromatic heterocycles. The minimum absolute atomic E-state index is 0.533. The van der Waals surface area contributed by atoms with E-state index in [4.69, 9.17) is 0 Å². The molecule has 4 aliphatic rings. The fraction of sp³-hybridized carbons (Fsp3) is 0.231. The molecule has 1 saturated carbocycles. The lowest BCUT2D eigenvalue weighted by Gasteiger charge is -2.35. The van der Waals surface area contributed by atoms with Crippen LogP contribution in [0.15, 0.2) is 158 Å². The highest BCUT2D eigenvalue weighted by Gasteiger charge is 2.40. The summed E-state index contributed by atoms with van der Waals surface area (Å²) in [5.41, 5.74) is 16.1. The lowest BCUT2D eigenvalue weighted by atomic mass is 9.71. The number of rotatable bonds is 5. The molecule has 0 radical (unpaired) electrons. The van der Waals surface area contributed by atoms with E-state index in [1.807, 2.05) is 0 Å². The first-order valence-corrected chi connectivity index (χ1v) is 20.4. The molecule has 2 nitrogen and oxygen atoms in total. The molecular formula is C52H46N2. The van der Waals surface area contributed by atoms with Crippen LogP contribution in [0.4, 0.5) is 11.4 Å². The van der Waals surface area contributed by atoms with Gasteiger partial charge in [0.25, 0.3) is 0 Å². The Bertz CT molecular complexity index is 2570. The first-order chi connectivity index (χ1) is 26.8. The van der Waals surface area contributed by atoms with Gasteiger partial charge in [-0.3, -0.25) is 0 Å². The summed E-state index contributed by atoms with van der Waals surface area (Å²) in [6.07, 6.45) is 17.6. The van der Waals surface area contributed by atoms with Gasteiger partial charge in [0.05, 0.1) is 11.0 Å². The van der Waals surface area contributed by atoms with Crippen LogP contribution in [-0.2, 0) is 0 Å². The maximum Gasteiger partial charge on any atom is 0.0541 e. The number of para-hydroxylation sites is 1. The lowest BCUT2D eigenvalue weighted by Crippen LogP contribution is -2.32. The van der Waals surface area contributed by atoms with Crippen LogP contribution in [0.2, 0.25) is 0 Å². The van der Waals surface area contributed by atoms with Crippen LogP contribution >= 0.6 is 0 Å². The molecule has 6 aromatic carbocycles. The zero-order valence-corrected chi connectivity index (χ0v) is 30.9. The molecule has 1 fully saturated rings. The van der Waals surface area contributed by atoms with Crippen molar-refractivity contribution in [1.82, 2.24) is 4.57 Å². The van der Waals surface area contributed by atoms with Crippen LogP contribution in [0.3, 0.4) is 0 Å². The van der Waals surface area contributed by atoms with E-state index in [0.29, 0.717) is 17.9 Å². The maximum absolute atomic E-state index is 2.70. The normalized spacial score (nSPS) is 21.9. The Morgan fingerprint density at radius 1 is 0.481 bits per heavy atom. The van der Waals surface area contributed by atoms with E-state index in [2.05, 4.69) is 167 Å². The molecule has 4 unspecified atom stereocenters. The molecule has 0 amide bonds. The number of benzene rings is 6. The van der Waals surface area contributed by atoms with Gasteiger partial charge in [0.2, 0.25) is 0 Å². The fourth-order valence-corrected chi connectivity index (χ4v) is 10.7. The Morgan fingerprint density at radius 2 is 1.19 bits per heavy atom. The van der Waals surface area contributed by atoms with Crippen molar-refractivity contribution in [1.29, 1.82) is 0 Å². The number of anilines is 2. The number of nitrogens with zero attached hydrogens (tertiary/aromatic N) is 2. The highest BCUT2D eigenvalue weighted by Crippen LogP contribution is 2.52. The molecule has 0 saturated heterocycles.